The van der Waals surface area contributed by atoms with E-state index in [1.165, 1.54) is 16.8 Å². The predicted octanol–water partition coefficient (Wildman–Crippen LogP) is 5.59. The first-order valence-electron chi connectivity index (χ1n) is 10.1. The zero-order valence-corrected chi connectivity index (χ0v) is 18.8. The van der Waals surface area contributed by atoms with Crippen LogP contribution < -0.4 is 4.74 Å². The van der Waals surface area contributed by atoms with Crippen LogP contribution >= 0.6 is 23.4 Å². The van der Waals surface area contributed by atoms with Crippen molar-refractivity contribution >= 4 is 51.4 Å². The molecule has 0 bridgehead atoms. The number of nitrogens with zero attached hydrogens (tertiary/aromatic N) is 3. The Morgan fingerprint density at radius 3 is 2.48 bits per heavy atom. The van der Waals surface area contributed by atoms with Gasteiger partial charge in [0.15, 0.2) is 5.84 Å². The van der Waals surface area contributed by atoms with Crippen LogP contribution in [0.15, 0.2) is 94.5 Å². The molecule has 0 radical (unpaired) electrons. The van der Waals surface area contributed by atoms with E-state index < -0.39 is 5.91 Å². The number of carbonyl (C=O) groups is 1. The molecule has 0 spiro atoms. The van der Waals surface area contributed by atoms with Gasteiger partial charge in [0.2, 0.25) is 5.17 Å². The van der Waals surface area contributed by atoms with Gasteiger partial charge in [-0.25, -0.2) is 0 Å². The highest BCUT2D eigenvalue weighted by Crippen LogP contribution is 2.33. The highest BCUT2D eigenvalue weighted by molar-refractivity contribution is 8.27. The number of nitrogens with one attached hydrogen (secondary N) is 1. The average molecular weight is 473 g/mol. The molecule has 0 saturated carbocycles. The third kappa shape index (κ3) is 4.46. The van der Waals surface area contributed by atoms with Crippen molar-refractivity contribution in [2.45, 2.75) is 6.61 Å². The van der Waals surface area contributed by atoms with Crippen molar-refractivity contribution in [3.63, 3.8) is 0 Å². The first-order chi connectivity index (χ1) is 16.1. The number of carbonyl (C=O) groups excluding carboxylic acids is 1. The molecule has 0 fully saturated rings. The third-order valence-electron chi connectivity index (χ3n) is 5.00. The average Bonchev–Trinajstić information content (AvgIpc) is 3.26. The van der Waals surface area contributed by atoms with Crippen LogP contribution in [0.3, 0.4) is 0 Å². The van der Waals surface area contributed by atoms with E-state index in [1.54, 1.807) is 12.1 Å². The fourth-order valence-electron chi connectivity index (χ4n) is 3.30. The first kappa shape index (κ1) is 21.2. The summed E-state index contributed by atoms with van der Waals surface area (Å²) in [5.41, 5.74) is 2.74. The Morgan fingerprint density at radius 1 is 1.00 bits per heavy atom. The number of benzene rings is 3. The zero-order valence-electron chi connectivity index (χ0n) is 17.2. The van der Waals surface area contributed by atoms with Gasteiger partial charge in [-0.15, -0.1) is 0 Å². The molecule has 0 unspecified atom stereocenters. The normalized spacial score (nSPS) is 16.5. The van der Waals surface area contributed by atoms with Crippen molar-refractivity contribution in [3.8, 4) is 5.75 Å². The quantitative estimate of drug-likeness (QED) is 0.491. The molecule has 0 aromatic heterocycles. The van der Waals surface area contributed by atoms with Crippen LogP contribution in [-0.2, 0) is 11.4 Å². The topological polar surface area (TPSA) is 78.1 Å². The Balaban J connectivity index is 1.34. The summed E-state index contributed by atoms with van der Waals surface area (Å²) in [4.78, 5) is 16.8. The van der Waals surface area contributed by atoms with E-state index in [0.717, 1.165) is 22.4 Å². The minimum atomic E-state index is -0.473. The summed E-state index contributed by atoms with van der Waals surface area (Å²) >= 11 is 7.50. The number of rotatable bonds is 5. The van der Waals surface area contributed by atoms with Gasteiger partial charge in [0.1, 0.15) is 17.4 Å². The minimum Gasteiger partial charge on any atom is -0.489 e. The van der Waals surface area contributed by atoms with Gasteiger partial charge < -0.3 is 4.74 Å². The second-order valence-corrected chi connectivity index (χ2v) is 8.61. The number of fused-ring (bicyclic) bond motifs is 1. The van der Waals surface area contributed by atoms with Crippen molar-refractivity contribution in [1.29, 1.82) is 5.41 Å². The lowest BCUT2D eigenvalue weighted by Crippen LogP contribution is -2.35. The Labute approximate surface area is 199 Å². The van der Waals surface area contributed by atoms with E-state index in [0.29, 0.717) is 21.8 Å². The molecular weight excluding hydrogens is 456 g/mol. The molecule has 2 aliphatic heterocycles. The number of amidine groups is 2. The number of ether oxygens (including phenoxy) is 1. The summed E-state index contributed by atoms with van der Waals surface area (Å²) in [6.07, 6.45) is 1.64. The van der Waals surface area contributed by atoms with E-state index >= 15 is 0 Å². The summed E-state index contributed by atoms with van der Waals surface area (Å²) in [7, 11) is 0. The SMILES string of the molecule is N=C1/C(=C\c2ccc(OCc3ccccc3)cc2)C(=O)N=C2SC(c3ccccc3Cl)=NN12. The van der Waals surface area contributed by atoms with Crippen molar-refractivity contribution in [2.75, 3.05) is 0 Å². The van der Waals surface area contributed by atoms with Crippen LogP contribution in [0.25, 0.3) is 6.08 Å². The minimum absolute atomic E-state index is 0.0241. The smallest absolute Gasteiger partial charge is 0.283 e. The van der Waals surface area contributed by atoms with Crippen LogP contribution in [0.1, 0.15) is 16.7 Å². The van der Waals surface area contributed by atoms with E-state index in [9.17, 15) is 4.79 Å². The van der Waals surface area contributed by atoms with Gasteiger partial charge in [-0.05, 0) is 47.2 Å². The summed E-state index contributed by atoms with van der Waals surface area (Å²) in [6, 6.07) is 24.6. The number of hydrogen-bond acceptors (Lipinski definition) is 5. The van der Waals surface area contributed by atoms with Gasteiger partial charge in [0, 0.05) is 5.56 Å². The molecule has 1 N–H and O–H groups in total. The lowest BCUT2D eigenvalue weighted by molar-refractivity contribution is -0.114. The number of thioether (sulfide) groups is 1. The summed E-state index contributed by atoms with van der Waals surface area (Å²) in [6.45, 7) is 0.473. The standard InChI is InChI=1S/C25H17ClN4O2S/c26-21-9-5-4-8-19(21)24-29-30-22(27)20(23(31)28-25(30)33-24)14-16-10-12-18(13-11-16)32-15-17-6-2-1-3-7-17/h1-14,27H,15H2/b20-14+,27-22?. The van der Waals surface area contributed by atoms with E-state index in [1.807, 2.05) is 72.8 Å². The number of hydrogen-bond donors (Lipinski definition) is 1. The van der Waals surface area contributed by atoms with Crippen LogP contribution in [0.5, 0.6) is 5.75 Å². The molecule has 3 aromatic rings. The van der Waals surface area contributed by atoms with Crippen LogP contribution in [0.4, 0.5) is 0 Å². The van der Waals surface area contributed by atoms with Gasteiger partial charge in [0.05, 0.1) is 10.6 Å². The van der Waals surface area contributed by atoms with Gasteiger partial charge in [0.25, 0.3) is 5.91 Å². The molecule has 0 saturated heterocycles. The highest BCUT2D eigenvalue weighted by Gasteiger charge is 2.36. The van der Waals surface area contributed by atoms with Crippen molar-refractivity contribution < 1.29 is 9.53 Å². The molecule has 5 rings (SSSR count). The summed E-state index contributed by atoms with van der Waals surface area (Å²) in [5, 5.41) is 15.9. The third-order valence-corrected chi connectivity index (χ3v) is 6.27. The molecule has 2 heterocycles. The molecule has 0 aliphatic carbocycles. The maximum absolute atomic E-state index is 12.6. The molecule has 8 heteroatoms. The Bertz CT molecular complexity index is 1330. The molecule has 1 amide bonds. The van der Waals surface area contributed by atoms with Gasteiger partial charge >= 0.3 is 0 Å². The number of hydrazone groups is 1. The molecular formula is C25H17ClN4O2S. The molecule has 2 aliphatic rings. The van der Waals surface area contributed by atoms with Crippen molar-refractivity contribution in [3.05, 3.63) is 106 Å². The first-order valence-corrected chi connectivity index (χ1v) is 11.3. The Kier molecular flexibility index (Phi) is 5.81. The van der Waals surface area contributed by atoms with Gasteiger partial charge in [-0.3, -0.25) is 10.2 Å². The highest BCUT2D eigenvalue weighted by atomic mass is 35.5. The number of halogens is 1. The lowest BCUT2D eigenvalue weighted by atomic mass is 10.1. The van der Waals surface area contributed by atoms with Crippen molar-refractivity contribution in [2.24, 2.45) is 10.1 Å². The van der Waals surface area contributed by atoms with Crippen molar-refractivity contribution in [1.82, 2.24) is 5.01 Å². The van der Waals surface area contributed by atoms with E-state index in [-0.39, 0.29) is 11.4 Å². The van der Waals surface area contributed by atoms with E-state index in [4.69, 9.17) is 21.7 Å². The zero-order chi connectivity index (χ0) is 22.8. The molecule has 33 heavy (non-hydrogen) atoms. The largest absolute Gasteiger partial charge is 0.489 e. The number of amides is 1. The van der Waals surface area contributed by atoms with Crippen LogP contribution in [-0.4, -0.2) is 27.0 Å². The van der Waals surface area contributed by atoms with E-state index in [2.05, 4.69) is 10.1 Å². The maximum Gasteiger partial charge on any atom is 0.283 e. The second kappa shape index (κ2) is 9.05. The second-order valence-electron chi connectivity index (χ2n) is 7.25. The predicted molar refractivity (Wildman–Crippen MR) is 133 cm³/mol. The monoisotopic (exact) mass is 472 g/mol. The Morgan fingerprint density at radius 2 is 1.73 bits per heavy atom. The molecule has 162 valence electrons. The fraction of sp³-hybridized carbons (Fsp3) is 0.0400. The maximum atomic E-state index is 12.6. The Hall–Kier alpha value is -3.68. The van der Waals surface area contributed by atoms with Gasteiger partial charge in [-0.2, -0.15) is 15.1 Å². The summed E-state index contributed by atoms with van der Waals surface area (Å²) in [5.74, 6) is 0.221. The molecule has 6 nitrogen and oxygen atoms in total. The molecule has 0 atom stereocenters. The lowest BCUT2D eigenvalue weighted by Gasteiger charge is -2.20. The fourth-order valence-corrected chi connectivity index (χ4v) is 4.52. The molecule has 3 aromatic carbocycles. The summed E-state index contributed by atoms with van der Waals surface area (Å²) < 4.78 is 5.81. The number of aliphatic imine (C=N–C) groups is 1. The van der Waals surface area contributed by atoms with Crippen LogP contribution in [0.2, 0.25) is 5.02 Å². The van der Waals surface area contributed by atoms with Gasteiger partial charge in [-0.1, -0.05) is 72.3 Å². The van der Waals surface area contributed by atoms with Crippen LogP contribution in [0, 0.1) is 5.41 Å².